The lowest BCUT2D eigenvalue weighted by molar-refractivity contribution is -0.140. The number of benzene rings is 2. The summed E-state index contributed by atoms with van der Waals surface area (Å²) in [5.74, 6) is -0.755. The van der Waals surface area contributed by atoms with Crippen molar-refractivity contribution in [2.45, 2.75) is 45.4 Å². The molecule has 6 heteroatoms. The minimum atomic E-state index is -0.602. The smallest absolute Gasteiger partial charge is 0.336 e. The van der Waals surface area contributed by atoms with E-state index in [4.69, 9.17) is 27.9 Å². The van der Waals surface area contributed by atoms with Crippen molar-refractivity contribution in [2.24, 2.45) is 5.92 Å². The summed E-state index contributed by atoms with van der Waals surface area (Å²) in [5, 5.41) is 4.28. The maximum atomic E-state index is 13.6. The molecule has 4 nitrogen and oxygen atoms in total. The molecule has 1 aliphatic heterocycles. The predicted octanol–water partition coefficient (Wildman–Crippen LogP) is 6.55. The molecule has 1 aliphatic carbocycles. The molecule has 2 aromatic rings. The Morgan fingerprint density at radius 2 is 1.85 bits per heavy atom. The average molecular weight is 484 g/mol. The highest BCUT2D eigenvalue weighted by Gasteiger charge is 2.42. The summed E-state index contributed by atoms with van der Waals surface area (Å²) in [6.45, 7) is 6.11. The molecular weight excluding hydrogens is 457 g/mol. The highest BCUT2D eigenvalue weighted by Crippen LogP contribution is 2.47. The van der Waals surface area contributed by atoms with Gasteiger partial charge in [-0.15, -0.1) is 0 Å². The van der Waals surface area contributed by atoms with Gasteiger partial charge in [0.2, 0.25) is 0 Å². The van der Waals surface area contributed by atoms with Crippen LogP contribution in [0.25, 0.3) is 0 Å². The number of hydrogen-bond acceptors (Lipinski definition) is 4. The van der Waals surface area contributed by atoms with E-state index in [1.807, 2.05) is 39.0 Å². The van der Waals surface area contributed by atoms with Gasteiger partial charge < -0.3 is 10.1 Å². The van der Waals surface area contributed by atoms with Crippen molar-refractivity contribution in [2.75, 3.05) is 6.61 Å². The Morgan fingerprint density at radius 1 is 1.12 bits per heavy atom. The van der Waals surface area contributed by atoms with Crippen molar-refractivity contribution >= 4 is 35.0 Å². The topological polar surface area (TPSA) is 55.4 Å². The fourth-order valence-corrected chi connectivity index (χ4v) is 5.15. The van der Waals surface area contributed by atoms with Crippen LogP contribution >= 0.6 is 23.2 Å². The zero-order chi connectivity index (χ0) is 23.7. The van der Waals surface area contributed by atoms with Crippen LogP contribution in [0.3, 0.4) is 0 Å². The molecule has 0 saturated carbocycles. The first kappa shape index (κ1) is 23.6. The van der Waals surface area contributed by atoms with Crippen molar-refractivity contribution in [3.8, 4) is 0 Å². The van der Waals surface area contributed by atoms with Crippen LogP contribution < -0.4 is 5.32 Å². The summed E-state index contributed by atoms with van der Waals surface area (Å²) in [6, 6.07) is 15.2. The number of allylic oxidation sites excluding steroid dienone is 3. The van der Waals surface area contributed by atoms with Crippen LogP contribution in [-0.4, -0.2) is 18.4 Å². The molecule has 0 bridgehead atoms. The van der Waals surface area contributed by atoms with Gasteiger partial charge in [-0.3, -0.25) is 4.79 Å². The van der Waals surface area contributed by atoms with Gasteiger partial charge in [0, 0.05) is 39.4 Å². The summed E-state index contributed by atoms with van der Waals surface area (Å²) >= 11 is 12.7. The third-order valence-electron chi connectivity index (χ3n) is 6.14. The molecule has 0 aromatic heterocycles. The van der Waals surface area contributed by atoms with Crippen LogP contribution in [0.5, 0.6) is 0 Å². The van der Waals surface area contributed by atoms with Crippen molar-refractivity contribution in [3.05, 3.63) is 92.2 Å². The average Bonchev–Trinajstić information content (AvgIpc) is 2.77. The number of ether oxygens (including phenoxy) is 1. The first-order chi connectivity index (χ1) is 15.8. The standard InChI is InChI=1S/C27H27Cl2NO3/c1-15(2)14-33-27(32)24-16(3)30-22-11-18(17-7-5-4-6-8-17)12-23(31)26(22)25(24)20-10-9-19(28)13-21(20)29/h4-10,13,15,18,25,30H,11-12,14H2,1-3H3/t18-,25+/m0/s1. The number of halogens is 2. The Morgan fingerprint density at radius 3 is 2.52 bits per heavy atom. The molecule has 0 spiro atoms. The highest BCUT2D eigenvalue weighted by atomic mass is 35.5. The minimum Gasteiger partial charge on any atom is -0.462 e. The van der Waals surface area contributed by atoms with E-state index in [0.29, 0.717) is 51.9 Å². The summed E-state index contributed by atoms with van der Waals surface area (Å²) in [5.41, 5.74) is 4.34. The van der Waals surface area contributed by atoms with Crippen LogP contribution in [0.1, 0.15) is 56.6 Å². The number of ketones is 1. The molecule has 0 radical (unpaired) electrons. The molecule has 2 atom stereocenters. The number of Topliss-reactive ketones (excluding diaryl/α,β-unsaturated/α-hetero) is 1. The molecule has 2 aromatic carbocycles. The van der Waals surface area contributed by atoms with Gasteiger partial charge in [-0.25, -0.2) is 4.79 Å². The Labute approximate surface area is 204 Å². The fraction of sp³-hybridized carbons (Fsp3) is 0.333. The minimum absolute atomic E-state index is 0.00952. The number of dihydropyridines is 1. The second kappa shape index (κ2) is 9.74. The van der Waals surface area contributed by atoms with Gasteiger partial charge >= 0.3 is 5.97 Å². The molecule has 0 fully saturated rings. The highest BCUT2D eigenvalue weighted by molar-refractivity contribution is 6.35. The lowest BCUT2D eigenvalue weighted by Crippen LogP contribution is -2.36. The summed E-state index contributed by atoms with van der Waals surface area (Å²) < 4.78 is 5.59. The van der Waals surface area contributed by atoms with E-state index < -0.39 is 11.9 Å². The van der Waals surface area contributed by atoms with Gasteiger partial charge in [0.1, 0.15) is 0 Å². The second-order valence-corrected chi connectivity index (χ2v) is 9.93. The molecule has 4 rings (SSSR count). The van der Waals surface area contributed by atoms with E-state index in [2.05, 4.69) is 17.4 Å². The SMILES string of the molecule is CC1=C(C(=O)OCC(C)C)[C@@H](c2ccc(Cl)cc2Cl)C2=C(C[C@H](c3ccccc3)CC2=O)N1. The first-order valence-corrected chi connectivity index (χ1v) is 11.9. The van der Waals surface area contributed by atoms with E-state index in [-0.39, 0.29) is 17.6 Å². The van der Waals surface area contributed by atoms with E-state index in [0.717, 1.165) is 11.3 Å². The van der Waals surface area contributed by atoms with Crippen molar-refractivity contribution < 1.29 is 14.3 Å². The van der Waals surface area contributed by atoms with Crippen molar-refractivity contribution in [1.82, 2.24) is 5.32 Å². The molecule has 0 unspecified atom stereocenters. The number of esters is 1. The van der Waals surface area contributed by atoms with Gasteiger partial charge in [0.05, 0.1) is 12.2 Å². The lowest BCUT2D eigenvalue weighted by Gasteiger charge is -2.37. The van der Waals surface area contributed by atoms with Gasteiger partial charge in [-0.1, -0.05) is 73.4 Å². The molecule has 1 heterocycles. The molecule has 0 saturated heterocycles. The largest absolute Gasteiger partial charge is 0.462 e. The predicted molar refractivity (Wildman–Crippen MR) is 131 cm³/mol. The normalized spacial score (nSPS) is 20.6. The van der Waals surface area contributed by atoms with Crippen LogP contribution in [0.15, 0.2) is 71.1 Å². The Bertz CT molecular complexity index is 1150. The number of hydrogen-bond donors (Lipinski definition) is 1. The van der Waals surface area contributed by atoms with E-state index >= 15 is 0 Å². The van der Waals surface area contributed by atoms with Crippen LogP contribution in [0.2, 0.25) is 10.0 Å². The van der Waals surface area contributed by atoms with Gasteiger partial charge in [-0.2, -0.15) is 0 Å². The molecule has 33 heavy (non-hydrogen) atoms. The van der Waals surface area contributed by atoms with Crippen LogP contribution in [0.4, 0.5) is 0 Å². The Balaban J connectivity index is 1.80. The summed E-state index contributed by atoms with van der Waals surface area (Å²) in [6.07, 6.45) is 1.05. The van der Waals surface area contributed by atoms with Crippen molar-refractivity contribution in [1.29, 1.82) is 0 Å². The van der Waals surface area contributed by atoms with Crippen LogP contribution in [0, 0.1) is 5.92 Å². The van der Waals surface area contributed by atoms with E-state index in [1.54, 1.807) is 18.2 Å². The maximum Gasteiger partial charge on any atom is 0.336 e. The molecule has 2 aliphatic rings. The van der Waals surface area contributed by atoms with Crippen LogP contribution in [-0.2, 0) is 14.3 Å². The molecule has 1 N–H and O–H groups in total. The van der Waals surface area contributed by atoms with E-state index in [1.165, 1.54) is 0 Å². The van der Waals surface area contributed by atoms with Gasteiger partial charge in [0.15, 0.2) is 5.78 Å². The summed E-state index contributed by atoms with van der Waals surface area (Å²) in [4.78, 5) is 26.8. The zero-order valence-corrected chi connectivity index (χ0v) is 20.5. The lowest BCUT2D eigenvalue weighted by atomic mass is 9.71. The zero-order valence-electron chi connectivity index (χ0n) is 19.0. The summed E-state index contributed by atoms with van der Waals surface area (Å²) in [7, 11) is 0. The Kier molecular flexibility index (Phi) is 6.96. The van der Waals surface area contributed by atoms with Crippen molar-refractivity contribution in [3.63, 3.8) is 0 Å². The number of rotatable bonds is 5. The number of nitrogens with one attached hydrogen (secondary N) is 1. The molecule has 172 valence electrons. The monoisotopic (exact) mass is 483 g/mol. The maximum absolute atomic E-state index is 13.6. The number of carbonyl (C=O) groups is 2. The van der Waals surface area contributed by atoms with E-state index in [9.17, 15) is 9.59 Å². The number of carbonyl (C=O) groups excluding carboxylic acids is 2. The van der Waals surface area contributed by atoms with Gasteiger partial charge in [-0.05, 0) is 48.4 Å². The second-order valence-electron chi connectivity index (χ2n) is 9.09. The fourth-order valence-electron chi connectivity index (χ4n) is 4.64. The molecular formula is C27H27Cl2NO3. The molecule has 0 amide bonds. The van der Waals surface area contributed by atoms with Gasteiger partial charge in [0.25, 0.3) is 0 Å². The first-order valence-electron chi connectivity index (χ1n) is 11.2. The third-order valence-corrected chi connectivity index (χ3v) is 6.70. The third kappa shape index (κ3) is 4.87. The Hall–Kier alpha value is -2.56. The quantitative estimate of drug-likeness (QED) is 0.489.